The van der Waals surface area contributed by atoms with Crippen molar-refractivity contribution in [1.29, 1.82) is 0 Å². The van der Waals surface area contributed by atoms with Crippen molar-refractivity contribution in [2.75, 3.05) is 31.2 Å². The van der Waals surface area contributed by atoms with Crippen LogP contribution in [0.15, 0.2) is 24.4 Å². The summed E-state index contributed by atoms with van der Waals surface area (Å²) in [6.07, 6.45) is 1.68. The van der Waals surface area contributed by atoms with Crippen LogP contribution in [0.4, 0.5) is 0 Å². The van der Waals surface area contributed by atoms with Gasteiger partial charge in [-0.2, -0.15) is 0 Å². The molecule has 1 aliphatic rings. The summed E-state index contributed by atoms with van der Waals surface area (Å²) < 4.78 is 22.7. The van der Waals surface area contributed by atoms with E-state index < -0.39 is 9.84 Å². The topological polar surface area (TPSA) is 70.5 Å². The molecule has 1 atom stereocenters. The molecular weight excluding hydrogens is 240 g/mol. The number of hydrogen-bond acceptors (Lipinski definition) is 5. The molecule has 1 aliphatic heterocycles. The van der Waals surface area contributed by atoms with E-state index >= 15 is 0 Å². The van der Waals surface area contributed by atoms with Gasteiger partial charge in [0.1, 0.15) is 0 Å². The number of pyridine rings is 1. The Balaban J connectivity index is 2.11. The van der Waals surface area contributed by atoms with Crippen molar-refractivity contribution in [2.45, 2.75) is 6.04 Å². The van der Waals surface area contributed by atoms with Crippen molar-refractivity contribution in [3.05, 3.63) is 30.1 Å². The van der Waals surface area contributed by atoms with Gasteiger partial charge >= 0.3 is 0 Å². The predicted molar refractivity (Wildman–Crippen MR) is 64.3 cm³/mol. The molecule has 0 amide bonds. The zero-order valence-electron chi connectivity index (χ0n) is 9.49. The first kappa shape index (κ1) is 12.5. The normalized spacial score (nSPS) is 22.2. The van der Waals surface area contributed by atoms with E-state index in [4.69, 9.17) is 0 Å². The average molecular weight is 256 g/mol. The largest absolute Gasteiger partial charge is 0.394 e. The molecular formula is C11H16N2O3S. The standard InChI is InChI=1S/C11H16N2O3S/c14-9-11(10-3-1-2-4-12-10)13-5-7-17(15,16)8-6-13/h1-4,11,14H,5-9H2. The second kappa shape index (κ2) is 5.12. The van der Waals surface area contributed by atoms with Gasteiger partial charge in [0.15, 0.2) is 9.84 Å². The molecule has 17 heavy (non-hydrogen) atoms. The van der Waals surface area contributed by atoms with E-state index in [1.807, 2.05) is 23.1 Å². The highest BCUT2D eigenvalue weighted by Crippen LogP contribution is 2.20. The lowest BCUT2D eigenvalue weighted by Gasteiger charge is -2.32. The Kier molecular flexibility index (Phi) is 3.76. The number of aromatic nitrogens is 1. The predicted octanol–water partition coefficient (Wildman–Crippen LogP) is -0.155. The first-order valence-corrected chi connectivity index (χ1v) is 7.41. The summed E-state index contributed by atoms with van der Waals surface area (Å²) in [5.74, 6) is 0.326. The molecule has 1 N–H and O–H groups in total. The highest BCUT2D eigenvalue weighted by Gasteiger charge is 2.28. The molecule has 94 valence electrons. The van der Waals surface area contributed by atoms with Gasteiger partial charge in [-0.05, 0) is 12.1 Å². The summed E-state index contributed by atoms with van der Waals surface area (Å²) in [5.41, 5.74) is 0.786. The number of aliphatic hydroxyl groups excluding tert-OH is 1. The van der Waals surface area contributed by atoms with E-state index in [0.717, 1.165) is 5.69 Å². The molecule has 0 aromatic carbocycles. The third-order valence-corrected chi connectivity index (χ3v) is 4.63. The molecule has 1 fully saturated rings. The van der Waals surface area contributed by atoms with E-state index in [9.17, 15) is 13.5 Å². The van der Waals surface area contributed by atoms with Gasteiger partial charge < -0.3 is 5.11 Å². The zero-order chi connectivity index (χ0) is 12.3. The van der Waals surface area contributed by atoms with Crippen molar-refractivity contribution in [2.24, 2.45) is 0 Å². The maximum absolute atomic E-state index is 11.3. The van der Waals surface area contributed by atoms with Gasteiger partial charge in [0.2, 0.25) is 0 Å². The lowest BCUT2D eigenvalue weighted by atomic mass is 10.1. The Morgan fingerprint density at radius 2 is 2.06 bits per heavy atom. The lowest BCUT2D eigenvalue weighted by molar-refractivity contribution is 0.129. The van der Waals surface area contributed by atoms with Crippen molar-refractivity contribution in [3.63, 3.8) is 0 Å². The number of hydrogen-bond donors (Lipinski definition) is 1. The fourth-order valence-corrected chi connectivity index (χ4v) is 3.24. The van der Waals surface area contributed by atoms with Gasteiger partial charge in [-0.1, -0.05) is 6.07 Å². The highest BCUT2D eigenvalue weighted by atomic mass is 32.2. The van der Waals surface area contributed by atoms with Gasteiger partial charge in [0.05, 0.1) is 29.8 Å². The van der Waals surface area contributed by atoms with Crippen molar-refractivity contribution in [1.82, 2.24) is 9.88 Å². The van der Waals surface area contributed by atoms with Gasteiger partial charge in [-0.3, -0.25) is 9.88 Å². The second-order valence-corrected chi connectivity index (χ2v) is 6.44. The number of sulfone groups is 1. The fraction of sp³-hybridized carbons (Fsp3) is 0.545. The third-order valence-electron chi connectivity index (χ3n) is 3.02. The molecule has 1 saturated heterocycles. The maximum Gasteiger partial charge on any atom is 0.152 e. The van der Waals surface area contributed by atoms with E-state index in [1.54, 1.807) is 6.20 Å². The number of rotatable bonds is 3. The van der Waals surface area contributed by atoms with Crippen LogP contribution in [-0.2, 0) is 9.84 Å². The van der Waals surface area contributed by atoms with Crippen LogP contribution in [0.2, 0.25) is 0 Å². The quantitative estimate of drug-likeness (QED) is 0.814. The molecule has 6 heteroatoms. The zero-order valence-corrected chi connectivity index (χ0v) is 10.3. The van der Waals surface area contributed by atoms with Gasteiger partial charge in [0, 0.05) is 19.3 Å². The summed E-state index contributed by atoms with van der Waals surface area (Å²) in [7, 11) is -2.88. The summed E-state index contributed by atoms with van der Waals surface area (Å²) >= 11 is 0. The summed E-state index contributed by atoms with van der Waals surface area (Å²) in [6, 6.07) is 5.33. The van der Waals surface area contributed by atoms with Crippen LogP contribution in [0, 0.1) is 0 Å². The first-order valence-electron chi connectivity index (χ1n) is 5.58. The Bertz CT molecular complexity index is 447. The first-order chi connectivity index (χ1) is 8.12. The molecule has 0 aliphatic carbocycles. The van der Waals surface area contributed by atoms with Crippen LogP contribution in [0.3, 0.4) is 0 Å². The minimum absolute atomic E-state index is 0.0446. The number of aliphatic hydroxyl groups is 1. The molecule has 0 bridgehead atoms. The summed E-state index contributed by atoms with van der Waals surface area (Å²) in [5, 5.41) is 9.43. The van der Waals surface area contributed by atoms with Crippen molar-refractivity contribution in [3.8, 4) is 0 Å². The highest BCUT2D eigenvalue weighted by molar-refractivity contribution is 7.91. The Hall–Kier alpha value is -0.980. The van der Waals surface area contributed by atoms with E-state index in [1.165, 1.54) is 0 Å². The monoisotopic (exact) mass is 256 g/mol. The average Bonchev–Trinajstić information content (AvgIpc) is 2.33. The molecule has 1 aromatic rings. The molecule has 0 spiro atoms. The minimum Gasteiger partial charge on any atom is -0.394 e. The van der Waals surface area contributed by atoms with Crippen molar-refractivity contribution < 1.29 is 13.5 Å². The third kappa shape index (κ3) is 3.02. The van der Waals surface area contributed by atoms with Crippen molar-refractivity contribution >= 4 is 9.84 Å². The molecule has 0 radical (unpaired) electrons. The fourth-order valence-electron chi connectivity index (χ4n) is 2.01. The van der Waals surface area contributed by atoms with E-state index in [-0.39, 0.29) is 24.2 Å². The maximum atomic E-state index is 11.3. The van der Waals surface area contributed by atoms with Crippen LogP contribution in [-0.4, -0.2) is 54.6 Å². The molecule has 2 heterocycles. The summed E-state index contributed by atoms with van der Waals surface area (Å²) in [6.45, 7) is 0.880. The van der Waals surface area contributed by atoms with Gasteiger partial charge in [-0.25, -0.2) is 8.42 Å². The molecule has 1 unspecified atom stereocenters. The Morgan fingerprint density at radius 3 is 2.59 bits per heavy atom. The van der Waals surface area contributed by atoms with E-state index in [0.29, 0.717) is 13.1 Å². The molecule has 0 saturated carbocycles. The van der Waals surface area contributed by atoms with Crippen LogP contribution in [0.1, 0.15) is 11.7 Å². The summed E-state index contributed by atoms with van der Waals surface area (Å²) in [4.78, 5) is 6.19. The van der Waals surface area contributed by atoms with Crippen LogP contribution >= 0.6 is 0 Å². The Morgan fingerprint density at radius 1 is 1.35 bits per heavy atom. The minimum atomic E-state index is -2.88. The van der Waals surface area contributed by atoms with Crippen LogP contribution in [0.5, 0.6) is 0 Å². The molecule has 1 aromatic heterocycles. The van der Waals surface area contributed by atoms with E-state index in [2.05, 4.69) is 4.98 Å². The smallest absolute Gasteiger partial charge is 0.152 e. The van der Waals surface area contributed by atoms with Crippen LogP contribution in [0.25, 0.3) is 0 Å². The second-order valence-electron chi connectivity index (χ2n) is 4.14. The molecule has 2 rings (SSSR count). The van der Waals surface area contributed by atoms with Gasteiger partial charge in [0.25, 0.3) is 0 Å². The molecule has 5 nitrogen and oxygen atoms in total. The SMILES string of the molecule is O=S1(=O)CCN(C(CO)c2ccccn2)CC1. The Labute approximate surface area is 101 Å². The number of nitrogens with zero attached hydrogens (tertiary/aromatic N) is 2. The lowest BCUT2D eigenvalue weighted by Crippen LogP contribution is -2.43. The van der Waals surface area contributed by atoms with Crippen LogP contribution < -0.4 is 0 Å². The van der Waals surface area contributed by atoms with Gasteiger partial charge in [-0.15, -0.1) is 0 Å².